The first-order valence-electron chi connectivity index (χ1n) is 6.31. The second kappa shape index (κ2) is 9.13. The second-order valence-corrected chi connectivity index (χ2v) is 4.52. The smallest absolute Gasteiger partial charge is 0.240 e. The van der Waals surface area contributed by atoms with E-state index < -0.39 is 6.10 Å². The Morgan fingerprint density at radius 3 is 2.75 bits per heavy atom. The normalized spacial score (nSPS) is 20.7. The number of rotatable bonds is 4. The molecule has 1 fully saturated rings. The predicted molar refractivity (Wildman–Crippen MR) is 82.2 cm³/mol. The van der Waals surface area contributed by atoms with E-state index in [0.717, 1.165) is 5.69 Å². The summed E-state index contributed by atoms with van der Waals surface area (Å²) in [6, 6.07) is 5.42. The van der Waals surface area contributed by atoms with E-state index in [1.54, 1.807) is 11.1 Å². The van der Waals surface area contributed by atoms with E-state index in [0.29, 0.717) is 26.1 Å². The number of aliphatic hydroxyl groups excluding tert-OH is 1. The molecule has 1 aliphatic heterocycles. The first-order chi connectivity index (χ1) is 8.70. The van der Waals surface area contributed by atoms with Gasteiger partial charge in [0.1, 0.15) is 0 Å². The summed E-state index contributed by atoms with van der Waals surface area (Å²) >= 11 is 0. The van der Waals surface area contributed by atoms with Crippen molar-refractivity contribution in [1.82, 2.24) is 15.2 Å². The van der Waals surface area contributed by atoms with E-state index in [4.69, 9.17) is 0 Å². The molecule has 1 aromatic heterocycles. The molecule has 2 rings (SSSR count). The molecule has 2 atom stereocenters. The third kappa shape index (κ3) is 4.90. The summed E-state index contributed by atoms with van der Waals surface area (Å²) in [4.78, 5) is 18.2. The van der Waals surface area contributed by atoms with Gasteiger partial charge in [0.05, 0.1) is 24.4 Å². The molecule has 5 nitrogen and oxygen atoms in total. The van der Waals surface area contributed by atoms with Crippen LogP contribution in [0.4, 0.5) is 0 Å². The van der Waals surface area contributed by atoms with Gasteiger partial charge in [0.15, 0.2) is 0 Å². The van der Waals surface area contributed by atoms with Gasteiger partial charge < -0.3 is 15.3 Å². The highest BCUT2D eigenvalue weighted by Gasteiger charge is 2.30. The topological polar surface area (TPSA) is 65.5 Å². The van der Waals surface area contributed by atoms with Crippen molar-refractivity contribution in [3.63, 3.8) is 0 Å². The summed E-state index contributed by atoms with van der Waals surface area (Å²) in [5, 5.41) is 12.5. The Labute approximate surface area is 131 Å². The quantitative estimate of drug-likeness (QED) is 0.868. The highest BCUT2D eigenvalue weighted by molar-refractivity contribution is 5.85. The Bertz CT molecular complexity index is 406. The third-order valence-electron chi connectivity index (χ3n) is 3.18. The predicted octanol–water partition coefficient (Wildman–Crippen LogP) is 0.996. The van der Waals surface area contributed by atoms with Gasteiger partial charge >= 0.3 is 0 Å². The van der Waals surface area contributed by atoms with Crippen molar-refractivity contribution in [3.05, 3.63) is 30.1 Å². The number of carbonyl (C=O) groups excluding carboxylic acids is 1. The fourth-order valence-electron chi connectivity index (χ4n) is 2.16. The minimum Gasteiger partial charge on any atom is -0.392 e. The molecule has 2 unspecified atom stereocenters. The minimum absolute atomic E-state index is 0. The first-order valence-corrected chi connectivity index (χ1v) is 6.31. The summed E-state index contributed by atoms with van der Waals surface area (Å²) in [5.74, 6) is 0.0414. The lowest BCUT2D eigenvalue weighted by Gasteiger charge is -2.23. The minimum atomic E-state index is -0.410. The molecule has 2 heterocycles. The lowest BCUT2D eigenvalue weighted by atomic mass is 10.1. The Kier molecular flexibility index (Phi) is 8.73. The molecule has 1 saturated heterocycles. The zero-order valence-electron chi connectivity index (χ0n) is 11.4. The van der Waals surface area contributed by atoms with Gasteiger partial charge in [-0.05, 0) is 25.5 Å². The van der Waals surface area contributed by atoms with E-state index in [9.17, 15) is 9.90 Å². The summed E-state index contributed by atoms with van der Waals surface area (Å²) in [7, 11) is 0. The third-order valence-corrected chi connectivity index (χ3v) is 3.18. The molecule has 20 heavy (non-hydrogen) atoms. The van der Waals surface area contributed by atoms with Crippen LogP contribution in [0.15, 0.2) is 24.4 Å². The van der Waals surface area contributed by atoms with E-state index in [1.807, 2.05) is 25.1 Å². The number of hydrogen-bond donors (Lipinski definition) is 2. The van der Waals surface area contributed by atoms with E-state index in [2.05, 4.69) is 10.3 Å². The van der Waals surface area contributed by atoms with Crippen LogP contribution in [-0.2, 0) is 11.3 Å². The van der Waals surface area contributed by atoms with Gasteiger partial charge in [0, 0.05) is 19.3 Å². The highest BCUT2D eigenvalue weighted by Crippen LogP contribution is 2.11. The average Bonchev–Trinajstić information content (AvgIpc) is 2.83. The van der Waals surface area contributed by atoms with Crippen molar-refractivity contribution in [3.8, 4) is 0 Å². The molecule has 1 aliphatic rings. The maximum atomic E-state index is 12.3. The van der Waals surface area contributed by atoms with Crippen LogP contribution in [0.1, 0.15) is 19.0 Å². The van der Waals surface area contributed by atoms with Gasteiger partial charge in [-0.25, -0.2) is 0 Å². The fraction of sp³-hybridized carbons (Fsp3) is 0.538. The SMILES string of the molecule is CCN(Cc1ccccn1)C(=O)C1CC(O)CN1.Cl.Cl. The van der Waals surface area contributed by atoms with Crippen LogP contribution in [-0.4, -0.2) is 46.1 Å². The molecule has 2 N–H and O–H groups in total. The largest absolute Gasteiger partial charge is 0.392 e. The van der Waals surface area contributed by atoms with Crippen molar-refractivity contribution in [2.75, 3.05) is 13.1 Å². The zero-order valence-corrected chi connectivity index (χ0v) is 13.0. The number of nitrogens with one attached hydrogen (secondary N) is 1. The van der Waals surface area contributed by atoms with Gasteiger partial charge in [-0.3, -0.25) is 9.78 Å². The number of carbonyl (C=O) groups is 1. The van der Waals surface area contributed by atoms with Gasteiger partial charge in [0.2, 0.25) is 5.91 Å². The number of nitrogens with zero attached hydrogens (tertiary/aromatic N) is 2. The lowest BCUT2D eigenvalue weighted by molar-refractivity contribution is -0.133. The second-order valence-electron chi connectivity index (χ2n) is 4.52. The molecule has 0 saturated carbocycles. The van der Waals surface area contributed by atoms with Crippen molar-refractivity contribution in [2.24, 2.45) is 0 Å². The molecule has 7 heteroatoms. The van der Waals surface area contributed by atoms with E-state index in [-0.39, 0.29) is 36.8 Å². The van der Waals surface area contributed by atoms with Crippen LogP contribution < -0.4 is 5.32 Å². The lowest BCUT2D eigenvalue weighted by Crippen LogP contribution is -2.43. The van der Waals surface area contributed by atoms with Gasteiger partial charge in [0.25, 0.3) is 0 Å². The van der Waals surface area contributed by atoms with Crippen LogP contribution in [0.2, 0.25) is 0 Å². The molecule has 0 radical (unpaired) electrons. The van der Waals surface area contributed by atoms with E-state index >= 15 is 0 Å². The number of hydrogen-bond acceptors (Lipinski definition) is 4. The number of amides is 1. The van der Waals surface area contributed by atoms with Crippen molar-refractivity contribution in [1.29, 1.82) is 0 Å². The van der Waals surface area contributed by atoms with Crippen LogP contribution in [0, 0.1) is 0 Å². The monoisotopic (exact) mass is 321 g/mol. The van der Waals surface area contributed by atoms with Crippen molar-refractivity contribution in [2.45, 2.75) is 32.0 Å². The molecular weight excluding hydrogens is 301 g/mol. The first kappa shape index (κ1) is 19.1. The fourth-order valence-corrected chi connectivity index (χ4v) is 2.16. The van der Waals surface area contributed by atoms with E-state index in [1.165, 1.54) is 0 Å². The van der Waals surface area contributed by atoms with Crippen LogP contribution in [0.5, 0.6) is 0 Å². The molecule has 1 aromatic rings. The molecule has 0 bridgehead atoms. The molecule has 114 valence electrons. The summed E-state index contributed by atoms with van der Waals surface area (Å²) in [6.45, 7) is 3.61. The summed E-state index contributed by atoms with van der Waals surface area (Å²) < 4.78 is 0. The molecule has 0 spiro atoms. The molecular formula is C13H21Cl2N3O2. The van der Waals surface area contributed by atoms with Gasteiger partial charge in [-0.15, -0.1) is 24.8 Å². The van der Waals surface area contributed by atoms with Crippen molar-refractivity contribution < 1.29 is 9.90 Å². The maximum Gasteiger partial charge on any atom is 0.240 e. The summed E-state index contributed by atoms with van der Waals surface area (Å²) in [5.41, 5.74) is 0.881. The number of halogens is 2. The summed E-state index contributed by atoms with van der Waals surface area (Å²) in [6.07, 6.45) is 1.82. The van der Waals surface area contributed by atoms with Crippen LogP contribution >= 0.6 is 24.8 Å². The van der Waals surface area contributed by atoms with Gasteiger partial charge in [-0.2, -0.15) is 0 Å². The average molecular weight is 322 g/mol. The number of likely N-dealkylation sites (N-methyl/N-ethyl adjacent to an activating group) is 1. The Balaban J connectivity index is 0.00000180. The highest BCUT2D eigenvalue weighted by atomic mass is 35.5. The Morgan fingerprint density at radius 2 is 2.25 bits per heavy atom. The standard InChI is InChI=1S/C13H19N3O2.2ClH/c1-2-16(9-10-5-3-4-6-14-10)13(18)12-7-11(17)8-15-12;;/h3-6,11-12,15,17H,2,7-9H2,1H3;2*1H. The molecule has 0 aromatic carbocycles. The van der Waals surface area contributed by atoms with Crippen LogP contribution in [0.25, 0.3) is 0 Å². The Hall–Kier alpha value is -0.880. The number of aliphatic hydroxyl groups is 1. The Morgan fingerprint density at radius 1 is 1.50 bits per heavy atom. The molecule has 0 aliphatic carbocycles. The van der Waals surface area contributed by atoms with Crippen LogP contribution in [0.3, 0.4) is 0 Å². The number of β-amino-alcohol motifs (C(OH)–C–C–N with tert-alkyl or cyclic N) is 1. The van der Waals surface area contributed by atoms with Crippen molar-refractivity contribution >= 4 is 30.7 Å². The van der Waals surface area contributed by atoms with Gasteiger partial charge in [-0.1, -0.05) is 6.07 Å². The molecule has 1 amide bonds. The maximum absolute atomic E-state index is 12.3. The number of pyridine rings is 1. The zero-order chi connectivity index (χ0) is 13.0. The number of aromatic nitrogens is 1.